The average Bonchev–Trinajstić information content (AvgIpc) is 2.51. The summed E-state index contributed by atoms with van der Waals surface area (Å²) in [5.74, 6) is 1.17. The van der Waals surface area contributed by atoms with Crippen LogP contribution in [-0.4, -0.2) is 22.6 Å². The fourth-order valence-electron chi connectivity index (χ4n) is 1.19. The molecule has 0 bridgehead atoms. The zero-order chi connectivity index (χ0) is 8.97. The third kappa shape index (κ3) is 2.08. The Bertz CT molecular complexity index is 229. The minimum Gasteiger partial charge on any atom is -0.335 e. The fourth-order valence-corrected chi connectivity index (χ4v) is 1.19. The van der Waals surface area contributed by atoms with Gasteiger partial charge in [-0.05, 0) is 20.9 Å². The van der Waals surface area contributed by atoms with Gasteiger partial charge in [-0.25, -0.2) is 4.98 Å². The Morgan fingerprint density at radius 3 is 3.00 bits per heavy atom. The molecule has 0 radical (unpaired) electrons. The van der Waals surface area contributed by atoms with Crippen molar-refractivity contribution >= 4 is 0 Å². The molecule has 0 fully saturated rings. The van der Waals surface area contributed by atoms with E-state index in [1.54, 1.807) is 0 Å². The number of aromatic nitrogens is 2. The Morgan fingerprint density at radius 2 is 2.42 bits per heavy atom. The van der Waals surface area contributed by atoms with Crippen molar-refractivity contribution in [2.24, 2.45) is 0 Å². The summed E-state index contributed by atoms with van der Waals surface area (Å²) in [6.45, 7) is 5.30. The summed E-state index contributed by atoms with van der Waals surface area (Å²) in [6, 6.07) is 0.498. The van der Waals surface area contributed by atoms with Gasteiger partial charge in [0.25, 0.3) is 0 Å². The van der Waals surface area contributed by atoms with E-state index in [1.165, 1.54) is 5.82 Å². The summed E-state index contributed by atoms with van der Waals surface area (Å²) in [7, 11) is 1.98. The number of nitrogens with one attached hydrogen (secondary N) is 1. The average molecular weight is 167 g/mol. The van der Waals surface area contributed by atoms with E-state index >= 15 is 0 Å². The molecule has 3 nitrogen and oxygen atoms in total. The van der Waals surface area contributed by atoms with Gasteiger partial charge in [0.1, 0.15) is 5.82 Å². The molecule has 1 heterocycles. The number of hydrogen-bond acceptors (Lipinski definition) is 2. The number of imidazole rings is 1. The van der Waals surface area contributed by atoms with Gasteiger partial charge < -0.3 is 9.88 Å². The molecule has 0 aliphatic rings. The van der Waals surface area contributed by atoms with Crippen LogP contribution in [0.1, 0.15) is 19.7 Å². The first-order valence-corrected chi connectivity index (χ1v) is 4.45. The molecule has 1 aromatic rings. The summed E-state index contributed by atoms with van der Waals surface area (Å²) in [5, 5.41) is 3.20. The van der Waals surface area contributed by atoms with Crippen molar-refractivity contribution in [1.82, 2.24) is 14.9 Å². The molecule has 0 amide bonds. The van der Waals surface area contributed by atoms with Crippen molar-refractivity contribution in [2.75, 3.05) is 7.05 Å². The third-order valence-corrected chi connectivity index (χ3v) is 2.12. The van der Waals surface area contributed by atoms with Crippen LogP contribution in [0.4, 0.5) is 0 Å². The molecule has 3 heteroatoms. The Morgan fingerprint density at radius 1 is 1.67 bits per heavy atom. The molecule has 0 saturated carbocycles. The van der Waals surface area contributed by atoms with Gasteiger partial charge in [-0.2, -0.15) is 0 Å². The van der Waals surface area contributed by atoms with Crippen molar-refractivity contribution in [3.8, 4) is 0 Å². The predicted molar refractivity (Wildman–Crippen MR) is 50.1 cm³/mol. The maximum Gasteiger partial charge on any atom is 0.110 e. The first kappa shape index (κ1) is 9.26. The van der Waals surface area contributed by atoms with E-state index in [4.69, 9.17) is 0 Å². The van der Waals surface area contributed by atoms with Gasteiger partial charge in [-0.3, -0.25) is 0 Å². The number of hydrogen-bond donors (Lipinski definition) is 1. The molecule has 1 rings (SSSR count). The normalized spacial score (nSPS) is 13.2. The van der Waals surface area contributed by atoms with Gasteiger partial charge in [-0.1, -0.05) is 0 Å². The molecule has 0 saturated heterocycles. The highest BCUT2D eigenvalue weighted by Crippen LogP contribution is 2.00. The molecule has 68 valence electrons. The lowest BCUT2D eigenvalue weighted by Crippen LogP contribution is -2.25. The summed E-state index contributed by atoms with van der Waals surface area (Å²) in [5.41, 5.74) is 0. The smallest absolute Gasteiger partial charge is 0.110 e. The lowest BCUT2D eigenvalue weighted by molar-refractivity contribution is 0.566. The molecular formula is C9H17N3. The lowest BCUT2D eigenvalue weighted by Gasteiger charge is -2.10. The highest BCUT2D eigenvalue weighted by atomic mass is 15.1. The van der Waals surface area contributed by atoms with E-state index in [9.17, 15) is 0 Å². The monoisotopic (exact) mass is 167 g/mol. The summed E-state index contributed by atoms with van der Waals surface area (Å²) >= 11 is 0. The minimum absolute atomic E-state index is 0.498. The van der Waals surface area contributed by atoms with E-state index in [-0.39, 0.29) is 0 Å². The third-order valence-electron chi connectivity index (χ3n) is 2.12. The molecule has 1 N–H and O–H groups in total. The van der Waals surface area contributed by atoms with Crippen molar-refractivity contribution in [2.45, 2.75) is 32.9 Å². The van der Waals surface area contributed by atoms with Crippen molar-refractivity contribution in [1.29, 1.82) is 0 Å². The van der Waals surface area contributed by atoms with Crippen molar-refractivity contribution in [3.05, 3.63) is 18.2 Å². The van der Waals surface area contributed by atoms with E-state index in [2.05, 4.69) is 28.7 Å². The van der Waals surface area contributed by atoms with Crippen LogP contribution in [0, 0.1) is 0 Å². The second-order valence-corrected chi connectivity index (χ2v) is 3.02. The lowest BCUT2D eigenvalue weighted by atomic mass is 10.2. The molecule has 1 unspecified atom stereocenters. The number of aryl methyl sites for hydroxylation is 1. The van der Waals surface area contributed by atoms with Crippen LogP contribution in [0.3, 0.4) is 0 Å². The van der Waals surface area contributed by atoms with Crippen LogP contribution < -0.4 is 5.32 Å². The Hall–Kier alpha value is -0.830. The number of likely N-dealkylation sites (N-methyl/N-ethyl adjacent to an activating group) is 1. The van der Waals surface area contributed by atoms with Crippen LogP contribution in [0.5, 0.6) is 0 Å². The SMILES string of the molecule is CCn1ccnc1CC(C)NC. The maximum absolute atomic E-state index is 4.30. The summed E-state index contributed by atoms with van der Waals surface area (Å²) < 4.78 is 2.17. The van der Waals surface area contributed by atoms with Crippen molar-refractivity contribution in [3.63, 3.8) is 0 Å². The first-order chi connectivity index (χ1) is 5.77. The highest BCUT2D eigenvalue weighted by Gasteiger charge is 2.04. The molecule has 1 atom stereocenters. The van der Waals surface area contributed by atoms with Gasteiger partial charge in [0, 0.05) is 31.4 Å². The summed E-state index contributed by atoms with van der Waals surface area (Å²) in [4.78, 5) is 4.30. The van der Waals surface area contributed by atoms with Gasteiger partial charge >= 0.3 is 0 Å². The van der Waals surface area contributed by atoms with E-state index in [0.29, 0.717) is 6.04 Å². The van der Waals surface area contributed by atoms with E-state index in [0.717, 1.165) is 13.0 Å². The Kier molecular flexibility index (Phi) is 3.29. The minimum atomic E-state index is 0.498. The zero-order valence-corrected chi connectivity index (χ0v) is 8.04. The van der Waals surface area contributed by atoms with Gasteiger partial charge in [0.2, 0.25) is 0 Å². The zero-order valence-electron chi connectivity index (χ0n) is 8.04. The van der Waals surface area contributed by atoms with Crippen molar-refractivity contribution < 1.29 is 0 Å². The second kappa shape index (κ2) is 4.26. The molecule has 0 aliphatic carbocycles. The molecule has 0 spiro atoms. The molecule has 0 aliphatic heterocycles. The predicted octanol–water partition coefficient (Wildman–Crippen LogP) is 1.05. The van der Waals surface area contributed by atoms with Gasteiger partial charge in [0.15, 0.2) is 0 Å². The van der Waals surface area contributed by atoms with Crippen LogP contribution in [-0.2, 0) is 13.0 Å². The summed E-state index contributed by atoms with van der Waals surface area (Å²) in [6.07, 6.45) is 4.89. The Balaban J connectivity index is 2.61. The first-order valence-electron chi connectivity index (χ1n) is 4.45. The molecule has 0 aromatic carbocycles. The quantitative estimate of drug-likeness (QED) is 0.726. The molecule has 12 heavy (non-hydrogen) atoms. The van der Waals surface area contributed by atoms with E-state index < -0.39 is 0 Å². The highest BCUT2D eigenvalue weighted by molar-refractivity contribution is 4.94. The van der Waals surface area contributed by atoms with E-state index in [1.807, 2.05) is 19.4 Å². The largest absolute Gasteiger partial charge is 0.335 e. The van der Waals surface area contributed by atoms with Crippen LogP contribution in [0.15, 0.2) is 12.4 Å². The molecule has 1 aromatic heterocycles. The van der Waals surface area contributed by atoms with Crippen LogP contribution in [0.2, 0.25) is 0 Å². The fraction of sp³-hybridized carbons (Fsp3) is 0.667. The Labute approximate surface area is 73.8 Å². The maximum atomic E-state index is 4.30. The van der Waals surface area contributed by atoms with Crippen LogP contribution in [0.25, 0.3) is 0 Å². The van der Waals surface area contributed by atoms with Gasteiger partial charge in [-0.15, -0.1) is 0 Å². The standard InChI is InChI=1S/C9H17N3/c1-4-12-6-5-11-9(12)7-8(2)10-3/h5-6,8,10H,4,7H2,1-3H3. The topological polar surface area (TPSA) is 29.9 Å². The van der Waals surface area contributed by atoms with Gasteiger partial charge in [0.05, 0.1) is 0 Å². The van der Waals surface area contributed by atoms with Crippen LogP contribution >= 0.6 is 0 Å². The molecular weight excluding hydrogens is 150 g/mol. The number of nitrogens with zero attached hydrogens (tertiary/aromatic N) is 2. The second-order valence-electron chi connectivity index (χ2n) is 3.02. The number of rotatable bonds is 4.